The zero-order valence-electron chi connectivity index (χ0n) is 11.2. The molecule has 1 aromatic rings. The van der Waals surface area contributed by atoms with Gasteiger partial charge >= 0.3 is 5.97 Å². The van der Waals surface area contributed by atoms with Crippen LogP contribution in [-0.4, -0.2) is 19.1 Å². The van der Waals surface area contributed by atoms with Crippen LogP contribution in [0.3, 0.4) is 0 Å². The molecule has 18 heavy (non-hydrogen) atoms. The molecule has 1 rings (SSSR count). The van der Waals surface area contributed by atoms with Gasteiger partial charge in [-0.15, -0.1) is 0 Å². The van der Waals surface area contributed by atoms with Crippen LogP contribution in [0.4, 0.5) is 5.69 Å². The highest BCUT2D eigenvalue weighted by molar-refractivity contribution is 5.80. The van der Waals surface area contributed by atoms with E-state index in [0.29, 0.717) is 11.3 Å². The summed E-state index contributed by atoms with van der Waals surface area (Å²) in [5.41, 5.74) is 2.16. The molecule has 0 heterocycles. The number of hydrogen-bond acceptors (Lipinski definition) is 4. The smallest absolute Gasteiger partial charge is 0.328 e. The lowest BCUT2D eigenvalue weighted by molar-refractivity contribution is -0.142. The number of methoxy groups -OCH3 is 1. The minimum Gasteiger partial charge on any atom is -0.467 e. The molecule has 0 saturated carbocycles. The van der Waals surface area contributed by atoms with Gasteiger partial charge < -0.3 is 10.1 Å². The molecule has 0 spiro atoms. The van der Waals surface area contributed by atoms with Gasteiger partial charge in [0, 0.05) is 0 Å². The molecule has 1 aromatic carbocycles. The molecule has 0 fully saturated rings. The van der Waals surface area contributed by atoms with Gasteiger partial charge in [0.15, 0.2) is 0 Å². The number of carbonyl (C=O) groups is 1. The van der Waals surface area contributed by atoms with Gasteiger partial charge in [0.25, 0.3) is 0 Å². The summed E-state index contributed by atoms with van der Waals surface area (Å²) in [5.74, 6) is -0.249. The molecule has 0 radical (unpaired) electrons. The number of benzene rings is 1. The lowest BCUT2D eigenvalue weighted by Crippen LogP contribution is -2.36. The number of ether oxygens (including phenoxy) is 1. The molecule has 0 aliphatic heterocycles. The second kappa shape index (κ2) is 6.06. The molecule has 4 heteroatoms. The SMILES string of the molecule is COC(=O)C(Nc1c(C)cccc1C#N)C(C)C. The summed E-state index contributed by atoms with van der Waals surface area (Å²) in [7, 11) is 1.36. The first-order chi connectivity index (χ1) is 8.51. The highest BCUT2D eigenvalue weighted by atomic mass is 16.5. The van der Waals surface area contributed by atoms with E-state index in [1.54, 1.807) is 6.07 Å². The Hall–Kier alpha value is -2.02. The molecular formula is C14H18N2O2. The third-order valence-electron chi connectivity index (χ3n) is 2.81. The van der Waals surface area contributed by atoms with Gasteiger partial charge in [-0.2, -0.15) is 5.26 Å². The molecule has 1 atom stereocenters. The van der Waals surface area contributed by atoms with Crippen LogP contribution in [-0.2, 0) is 9.53 Å². The van der Waals surface area contributed by atoms with Crippen molar-refractivity contribution in [2.45, 2.75) is 26.8 Å². The van der Waals surface area contributed by atoms with Crippen molar-refractivity contribution in [2.24, 2.45) is 5.92 Å². The van der Waals surface area contributed by atoms with Gasteiger partial charge in [0.2, 0.25) is 0 Å². The van der Waals surface area contributed by atoms with E-state index < -0.39 is 6.04 Å². The van der Waals surface area contributed by atoms with Crippen LogP contribution in [0.15, 0.2) is 18.2 Å². The van der Waals surface area contributed by atoms with E-state index in [2.05, 4.69) is 11.4 Å². The van der Waals surface area contributed by atoms with Crippen molar-refractivity contribution in [1.82, 2.24) is 0 Å². The van der Waals surface area contributed by atoms with Gasteiger partial charge in [-0.05, 0) is 24.5 Å². The van der Waals surface area contributed by atoms with E-state index in [1.165, 1.54) is 7.11 Å². The Bertz CT molecular complexity index is 475. The Kier molecular flexibility index (Phi) is 4.73. The molecule has 0 bridgehead atoms. The number of nitriles is 1. The van der Waals surface area contributed by atoms with Gasteiger partial charge in [-0.25, -0.2) is 4.79 Å². The second-order valence-corrected chi connectivity index (χ2v) is 4.50. The number of anilines is 1. The summed E-state index contributed by atoms with van der Waals surface area (Å²) in [6.45, 7) is 5.76. The standard InChI is InChI=1S/C14H18N2O2/c1-9(2)12(14(17)18-4)16-13-10(3)6-5-7-11(13)8-15/h5-7,9,12,16H,1-4H3. The highest BCUT2D eigenvalue weighted by Gasteiger charge is 2.24. The minimum atomic E-state index is -0.455. The van der Waals surface area contributed by atoms with Crippen molar-refractivity contribution in [3.8, 4) is 6.07 Å². The monoisotopic (exact) mass is 246 g/mol. The Balaban J connectivity index is 3.09. The molecule has 4 nitrogen and oxygen atoms in total. The summed E-state index contributed by atoms with van der Waals surface area (Å²) < 4.78 is 4.77. The zero-order valence-corrected chi connectivity index (χ0v) is 11.2. The zero-order chi connectivity index (χ0) is 13.7. The predicted octanol–water partition coefficient (Wildman–Crippen LogP) is 2.48. The van der Waals surface area contributed by atoms with E-state index >= 15 is 0 Å². The van der Waals surface area contributed by atoms with Crippen LogP contribution in [0, 0.1) is 24.2 Å². The van der Waals surface area contributed by atoms with E-state index in [-0.39, 0.29) is 11.9 Å². The number of rotatable bonds is 4. The maximum atomic E-state index is 11.7. The number of esters is 1. The van der Waals surface area contributed by atoms with Gasteiger partial charge in [0.1, 0.15) is 12.1 Å². The Labute approximate surface area is 108 Å². The van der Waals surface area contributed by atoms with Crippen LogP contribution in [0.2, 0.25) is 0 Å². The average molecular weight is 246 g/mol. The molecule has 0 aromatic heterocycles. The molecule has 1 N–H and O–H groups in total. The fourth-order valence-corrected chi connectivity index (χ4v) is 1.73. The largest absolute Gasteiger partial charge is 0.467 e. The van der Waals surface area contributed by atoms with Crippen LogP contribution < -0.4 is 5.32 Å². The second-order valence-electron chi connectivity index (χ2n) is 4.50. The topological polar surface area (TPSA) is 62.1 Å². The number of nitrogens with zero attached hydrogens (tertiary/aromatic N) is 1. The Morgan fingerprint density at radius 1 is 1.44 bits per heavy atom. The molecule has 1 unspecified atom stereocenters. The summed E-state index contributed by atoms with van der Waals surface area (Å²) in [5, 5.41) is 12.2. The summed E-state index contributed by atoms with van der Waals surface area (Å²) in [6, 6.07) is 7.12. The number of aryl methyl sites for hydroxylation is 1. The van der Waals surface area contributed by atoms with E-state index in [0.717, 1.165) is 5.56 Å². The van der Waals surface area contributed by atoms with E-state index in [4.69, 9.17) is 10.00 Å². The first-order valence-corrected chi connectivity index (χ1v) is 5.85. The molecule has 0 aliphatic rings. The lowest BCUT2D eigenvalue weighted by Gasteiger charge is -2.22. The lowest BCUT2D eigenvalue weighted by atomic mass is 10.0. The average Bonchev–Trinajstić information content (AvgIpc) is 2.35. The van der Waals surface area contributed by atoms with Crippen molar-refractivity contribution in [1.29, 1.82) is 5.26 Å². The maximum absolute atomic E-state index is 11.7. The normalized spacial score (nSPS) is 11.8. The third kappa shape index (κ3) is 3.01. The number of hydrogen-bond donors (Lipinski definition) is 1. The van der Waals surface area contributed by atoms with Crippen molar-refractivity contribution in [3.05, 3.63) is 29.3 Å². The summed E-state index contributed by atoms with van der Waals surface area (Å²) >= 11 is 0. The van der Waals surface area contributed by atoms with Crippen LogP contribution >= 0.6 is 0 Å². The quantitative estimate of drug-likeness (QED) is 0.829. The van der Waals surface area contributed by atoms with Crippen molar-refractivity contribution < 1.29 is 9.53 Å². The van der Waals surface area contributed by atoms with Gasteiger partial charge in [-0.1, -0.05) is 26.0 Å². The predicted molar refractivity (Wildman–Crippen MR) is 70.2 cm³/mol. The third-order valence-corrected chi connectivity index (χ3v) is 2.81. The molecular weight excluding hydrogens is 228 g/mol. The van der Waals surface area contributed by atoms with Crippen molar-refractivity contribution in [2.75, 3.05) is 12.4 Å². The number of carbonyl (C=O) groups excluding carboxylic acids is 1. The van der Waals surface area contributed by atoms with E-state index in [9.17, 15) is 4.79 Å². The molecule has 0 aliphatic carbocycles. The molecule has 96 valence electrons. The van der Waals surface area contributed by atoms with Crippen LogP contribution in [0.5, 0.6) is 0 Å². The van der Waals surface area contributed by atoms with Gasteiger partial charge in [-0.3, -0.25) is 0 Å². The van der Waals surface area contributed by atoms with E-state index in [1.807, 2.05) is 32.9 Å². The first kappa shape index (κ1) is 14.0. The highest BCUT2D eigenvalue weighted by Crippen LogP contribution is 2.22. The van der Waals surface area contributed by atoms with Crippen LogP contribution in [0.25, 0.3) is 0 Å². The maximum Gasteiger partial charge on any atom is 0.328 e. The molecule has 0 saturated heterocycles. The Morgan fingerprint density at radius 2 is 2.11 bits per heavy atom. The summed E-state index contributed by atoms with van der Waals surface area (Å²) in [4.78, 5) is 11.7. The first-order valence-electron chi connectivity index (χ1n) is 5.85. The van der Waals surface area contributed by atoms with Gasteiger partial charge in [0.05, 0.1) is 18.4 Å². The summed E-state index contributed by atoms with van der Waals surface area (Å²) in [6.07, 6.45) is 0. The fourth-order valence-electron chi connectivity index (χ4n) is 1.73. The molecule has 0 amide bonds. The number of para-hydroxylation sites is 1. The van der Waals surface area contributed by atoms with Crippen molar-refractivity contribution in [3.63, 3.8) is 0 Å². The minimum absolute atomic E-state index is 0.0728. The number of nitrogens with one attached hydrogen (secondary N) is 1. The van der Waals surface area contributed by atoms with Crippen LogP contribution in [0.1, 0.15) is 25.0 Å². The Morgan fingerprint density at radius 3 is 2.61 bits per heavy atom. The van der Waals surface area contributed by atoms with Crippen molar-refractivity contribution >= 4 is 11.7 Å². The fraction of sp³-hybridized carbons (Fsp3) is 0.429.